The van der Waals surface area contributed by atoms with Crippen LogP contribution in [0.5, 0.6) is 17.2 Å². The van der Waals surface area contributed by atoms with Gasteiger partial charge < -0.3 is 18.9 Å². The van der Waals surface area contributed by atoms with Gasteiger partial charge in [0.2, 0.25) is 0 Å². The standard InChI is InChI=1S/C18H20O4/c1-19-13-10-15(20-2)17(16(11-13)21-3)18-14-7-5-4-6-12(14)8-9-22-18/h4-7,10-11,18H,8-9H2,1-3H3. The molecule has 4 heteroatoms. The predicted molar refractivity (Wildman–Crippen MR) is 84.0 cm³/mol. The SMILES string of the molecule is COc1cc(OC)c(C2OCCc3ccccc32)c(OC)c1. The molecule has 0 saturated carbocycles. The van der Waals surface area contributed by atoms with Crippen LogP contribution in [0.25, 0.3) is 0 Å². The Bertz CT molecular complexity index is 641. The van der Waals surface area contributed by atoms with Crippen LogP contribution in [0.3, 0.4) is 0 Å². The van der Waals surface area contributed by atoms with Gasteiger partial charge in [-0.1, -0.05) is 24.3 Å². The normalized spacial score (nSPS) is 16.8. The molecule has 0 saturated heterocycles. The zero-order valence-corrected chi connectivity index (χ0v) is 13.1. The van der Waals surface area contributed by atoms with Crippen molar-refractivity contribution in [2.24, 2.45) is 0 Å². The van der Waals surface area contributed by atoms with Crippen LogP contribution in [0, 0.1) is 0 Å². The minimum absolute atomic E-state index is 0.194. The Morgan fingerprint density at radius 3 is 2.27 bits per heavy atom. The van der Waals surface area contributed by atoms with Gasteiger partial charge in [-0.3, -0.25) is 0 Å². The molecule has 116 valence electrons. The van der Waals surface area contributed by atoms with Crippen molar-refractivity contribution in [3.8, 4) is 17.2 Å². The Morgan fingerprint density at radius 2 is 1.64 bits per heavy atom. The summed E-state index contributed by atoms with van der Waals surface area (Å²) in [7, 11) is 4.92. The molecule has 0 amide bonds. The van der Waals surface area contributed by atoms with Gasteiger partial charge in [0, 0.05) is 12.1 Å². The van der Waals surface area contributed by atoms with Gasteiger partial charge in [0.05, 0.1) is 33.5 Å². The summed E-state index contributed by atoms with van der Waals surface area (Å²) in [6.45, 7) is 0.681. The van der Waals surface area contributed by atoms with E-state index in [4.69, 9.17) is 18.9 Å². The summed E-state index contributed by atoms with van der Waals surface area (Å²) < 4.78 is 22.5. The first-order chi connectivity index (χ1) is 10.8. The lowest BCUT2D eigenvalue weighted by atomic mass is 9.92. The van der Waals surface area contributed by atoms with Gasteiger partial charge in [-0.25, -0.2) is 0 Å². The second kappa shape index (κ2) is 6.28. The number of rotatable bonds is 4. The summed E-state index contributed by atoms with van der Waals surface area (Å²) in [5.41, 5.74) is 3.37. The summed E-state index contributed by atoms with van der Waals surface area (Å²) in [6, 6.07) is 12.1. The van der Waals surface area contributed by atoms with Crippen molar-refractivity contribution in [2.75, 3.05) is 27.9 Å². The predicted octanol–water partition coefficient (Wildman–Crippen LogP) is 3.37. The lowest BCUT2D eigenvalue weighted by Gasteiger charge is -2.28. The van der Waals surface area contributed by atoms with Gasteiger partial charge in [0.1, 0.15) is 23.4 Å². The number of hydrogen-bond donors (Lipinski definition) is 0. The molecule has 1 unspecified atom stereocenters. The molecule has 4 nitrogen and oxygen atoms in total. The van der Waals surface area contributed by atoms with Gasteiger partial charge in [0.15, 0.2) is 0 Å². The molecule has 0 bridgehead atoms. The largest absolute Gasteiger partial charge is 0.496 e. The Balaban J connectivity index is 2.16. The number of ether oxygens (including phenoxy) is 4. The van der Waals surface area contributed by atoms with Crippen LogP contribution in [-0.4, -0.2) is 27.9 Å². The zero-order valence-electron chi connectivity index (χ0n) is 13.1. The summed E-state index contributed by atoms with van der Waals surface area (Å²) in [5.74, 6) is 2.11. The molecule has 2 aromatic carbocycles. The van der Waals surface area contributed by atoms with Gasteiger partial charge in [0.25, 0.3) is 0 Å². The molecule has 0 radical (unpaired) electrons. The first kappa shape index (κ1) is 14.7. The summed E-state index contributed by atoms with van der Waals surface area (Å²) in [4.78, 5) is 0. The van der Waals surface area contributed by atoms with E-state index in [2.05, 4.69) is 18.2 Å². The van der Waals surface area contributed by atoms with Crippen molar-refractivity contribution < 1.29 is 18.9 Å². The maximum atomic E-state index is 6.05. The quantitative estimate of drug-likeness (QED) is 0.867. The highest BCUT2D eigenvalue weighted by molar-refractivity contribution is 5.55. The van der Waals surface area contributed by atoms with E-state index in [1.807, 2.05) is 18.2 Å². The molecule has 0 N–H and O–H groups in total. The third-order valence-corrected chi connectivity index (χ3v) is 4.01. The van der Waals surface area contributed by atoms with Crippen molar-refractivity contribution in [1.29, 1.82) is 0 Å². The molecule has 1 aliphatic heterocycles. The van der Waals surface area contributed by atoms with Crippen LogP contribution in [0.2, 0.25) is 0 Å². The minimum Gasteiger partial charge on any atom is -0.496 e. The lowest BCUT2D eigenvalue weighted by Crippen LogP contribution is -2.18. The van der Waals surface area contributed by atoms with Crippen molar-refractivity contribution in [3.05, 3.63) is 53.1 Å². The number of methoxy groups -OCH3 is 3. The summed E-state index contributed by atoms with van der Waals surface area (Å²) >= 11 is 0. The molecule has 1 aliphatic rings. The maximum absolute atomic E-state index is 6.05. The van der Waals surface area contributed by atoms with E-state index in [9.17, 15) is 0 Å². The zero-order chi connectivity index (χ0) is 15.5. The van der Waals surface area contributed by atoms with Crippen LogP contribution in [0.1, 0.15) is 22.8 Å². The van der Waals surface area contributed by atoms with Gasteiger partial charge in [-0.15, -0.1) is 0 Å². The molecule has 1 atom stereocenters. The fourth-order valence-corrected chi connectivity index (χ4v) is 2.92. The Hall–Kier alpha value is -2.20. The Kier molecular flexibility index (Phi) is 4.20. The lowest BCUT2D eigenvalue weighted by molar-refractivity contribution is 0.0663. The second-order valence-corrected chi connectivity index (χ2v) is 5.15. The Morgan fingerprint density at radius 1 is 0.955 bits per heavy atom. The van der Waals surface area contributed by atoms with Crippen molar-refractivity contribution in [1.82, 2.24) is 0 Å². The summed E-state index contributed by atoms with van der Waals surface area (Å²) in [5, 5.41) is 0. The minimum atomic E-state index is -0.194. The number of hydrogen-bond acceptors (Lipinski definition) is 4. The highest BCUT2D eigenvalue weighted by atomic mass is 16.5. The fraction of sp³-hybridized carbons (Fsp3) is 0.333. The topological polar surface area (TPSA) is 36.9 Å². The number of benzene rings is 2. The Labute approximate surface area is 130 Å². The van der Waals surface area contributed by atoms with Crippen LogP contribution >= 0.6 is 0 Å². The summed E-state index contributed by atoms with van der Waals surface area (Å²) in [6.07, 6.45) is 0.730. The average Bonchev–Trinajstić information content (AvgIpc) is 2.60. The van der Waals surface area contributed by atoms with Crippen molar-refractivity contribution in [2.45, 2.75) is 12.5 Å². The van der Waals surface area contributed by atoms with Gasteiger partial charge in [-0.05, 0) is 17.5 Å². The molecule has 2 aromatic rings. The van der Waals surface area contributed by atoms with Crippen molar-refractivity contribution >= 4 is 0 Å². The van der Waals surface area contributed by atoms with Crippen molar-refractivity contribution in [3.63, 3.8) is 0 Å². The highest BCUT2D eigenvalue weighted by Gasteiger charge is 2.28. The monoisotopic (exact) mass is 300 g/mol. The molecule has 1 heterocycles. The molecule has 0 aromatic heterocycles. The van der Waals surface area contributed by atoms with E-state index in [0.717, 1.165) is 17.5 Å². The van der Waals surface area contributed by atoms with E-state index in [1.54, 1.807) is 21.3 Å². The van der Waals surface area contributed by atoms with E-state index in [-0.39, 0.29) is 6.10 Å². The molecule has 0 aliphatic carbocycles. The van der Waals surface area contributed by atoms with E-state index in [1.165, 1.54) is 5.56 Å². The highest BCUT2D eigenvalue weighted by Crippen LogP contribution is 2.44. The smallest absolute Gasteiger partial charge is 0.132 e. The average molecular weight is 300 g/mol. The van der Waals surface area contributed by atoms with Crippen LogP contribution < -0.4 is 14.2 Å². The van der Waals surface area contributed by atoms with Crippen LogP contribution in [0.15, 0.2) is 36.4 Å². The van der Waals surface area contributed by atoms with Crippen LogP contribution in [0.4, 0.5) is 0 Å². The third kappa shape index (κ3) is 2.50. The maximum Gasteiger partial charge on any atom is 0.132 e. The fourth-order valence-electron chi connectivity index (χ4n) is 2.92. The molecule has 3 rings (SSSR count). The van der Waals surface area contributed by atoms with E-state index in [0.29, 0.717) is 23.9 Å². The molecule has 22 heavy (non-hydrogen) atoms. The van der Waals surface area contributed by atoms with E-state index < -0.39 is 0 Å². The van der Waals surface area contributed by atoms with Gasteiger partial charge >= 0.3 is 0 Å². The van der Waals surface area contributed by atoms with Crippen LogP contribution in [-0.2, 0) is 11.2 Å². The first-order valence-electron chi connectivity index (χ1n) is 7.27. The third-order valence-electron chi connectivity index (χ3n) is 4.01. The first-order valence-corrected chi connectivity index (χ1v) is 7.27. The molecule has 0 spiro atoms. The molecular formula is C18H20O4. The number of fused-ring (bicyclic) bond motifs is 1. The molecule has 0 fully saturated rings. The van der Waals surface area contributed by atoms with Gasteiger partial charge in [-0.2, -0.15) is 0 Å². The molecular weight excluding hydrogens is 280 g/mol. The second-order valence-electron chi connectivity index (χ2n) is 5.15. The van der Waals surface area contributed by atoms with E-state index >= 15 is 0 Å².